The molecule has 0 spiro atoms. The predicted molar refractivity (Wildman–Crippen MR) is 106 cm³/mol. The number of hydrogen-bond donors (Lipinski definition) is 1. The lowest BCUT2D eigenvalue weighted by molar-refractivity contribution is 0.0986. The van der Waals surface area contributed by atoms with Crippen LogP contribution in [0.1, 0.15) is 26.9 Å². The van der Waals surface area contributed by atoms with Crippen molar-refractivity contribution in [1.82, 2.24) is 0 Å². The van der Waals surface area contributed by atoms with Crippen molar-refractivity contribution in [2.24, 2.45) is 0 Å². The fraction of sp³-hybridized carbons (Fsp3) is 0.150. The summed E-state index contributed by atoms with van der Waals surface area (Å²) in [5, 5.41) is 1.92. The molecule has 0 fully saturated rings. The van der Waals surface area contributed by atoms with Crippen molar-refractivity contribution in [3.8, 4) is 5.75 Å². The van der Waals surface area contributed by atoms with E-state index < -0.39 is 0 Å². The number of carbonyl (C=O) groups is 1. The number of methoxy groups -OCH3 is 1. The molecule has 2 N–H and O–H groups in total. The number of thiophene rings is 1. The molecule has 3 rings (SSSR count). The number of rotatable bonds is 7. The molecule has 0 saturated carbocycles. The summed E-state index contributed by atoms with van der Waals surface area (Å²) in [6.07, 6.45) is 0.422. The molecule has 0 saturated heterocycles. The van der Waals surface area contributed by atoms with Crippen molar-refractivity contribution >= 4 is 34.6 Å². The van der Waals surface area contributed by atoms with Crippen LogP contribution in [0.3, 0.4) is 0 Å². The molecule has 1 aromatic heterocycles. The molecule has 3 nitrogen and oxygen atoms in total. The van der Waals surface area contributed by atoms with E-state index in [2.05, 4.69) is 0 Å². The molecule has 0 unspecified atom stereocenters. The van der Waals surface area contributed by atoms with Gasteiger partial charge in [0.25, 0.3) is 0 Å². The second kappa shape index (κ2) is 8.23. The number of carbonyl (C=O) groups excluding carboxylic acids is 1. The fourth-order valence-corrected chi connectivity index (χ4v) is 4.36. The number of nitrogen functional groups attached to an aromatic ring is 1. The van der Waals surface area contributed by atoms with Gasteiger partial charge in [-0.15, -0.1) is 23.1 Å². The molecular formula is C20H19NO2S2. The second-order valence-electron chi connectivity index (χ2n) is 5.52. The lowest BCUT2D eigenvalue weighted by Crippen LogP contribution is -2.04. The third kappa shape index (κ3) is 4.44. The second-order valence-corrected chi connectivity index (χ2v) is 7.71. The monoisotopic (exact) mass is 369 g/mol. The Labute approximate surface area is 155 Å². The molecule has 0 aliphatic rings. The Morgan fingerprint density at radius 2 is 1.88 bits per heavy atom. The maximum Gasteiger partial charge on any atom is 0.174 e. The molecular weight excluding hydrogens is 350 g/mol. The average Bonchev–Trinajstić information content (AvgIpc) is 3.18. The smallest absolute Gasteiger partial charge is 0.174 e. The van der Waals surface area contributed by atoms with E-state index in [-0.39, 0.29) is 11.0 Å². The first-order valence-electron chi connectivity index (χ1n) is 7.89. The zero-order valence-electron chi connectivity index (χ0n) is 13.8. The molecule has 25 heavy (non-hydrogen) atoms. The minimum atomic E-state index is -0.00907. The van der Waals surface area contributed by atoms with Crippen molar-refractivity contribution in [3.05, 3.63) is 76.5 Å². The first-order chi connectivity index (χ1) is 12.2. The quantitative estimate of drug-likeness (QED) is 0.342. The van der Waals surface area contributed by atoms with E-state index in [1.165, 1.54) is 11.3 Å². The van der Waals surface area contributed by atoms with Crippen LogP contribution in [-0.2, 0) is 0 Å². The molecule has 128 valence electrons. The van der Waals surface area contributed by atoms with E-state index in [1.807, 2.05) is 66.0 Å². The van der Waals surface area contributed by atoms with Crippen molar-refractivity contribution in [1.29, 1.82) is 0 Å². The molecule has 0 amide bonds. The van der Waals surface area contributed by atoms with E-state index in [9.17, 15) is 4.79 Å². The minimum absolute atomic E-state index is 0.00907. The Bertz CT molecular complexity index is 829. The van der Waals surface area contributed by atoms with Crippen LogP contribution in [0.25, 0.3) is 0 Å². The van der Waals surface area contributed by atoms with Gasteiger partial charge >= 0.3 is 0 Å². The first kappa shape index (κ1) is 17.6. The molecule has 0 aliphatic carbocycles. The summed E-state index contributed by atoms with van der Waals surface area (Å²) >= 11 is 3.11. The zero-order chi connectivity index (χ0) is 17.6. The maximum atomic E-state index is 12.6. The van der Waals surface area contributed by atoms with Gasteiger partial charge in [-0.05, 0) is 41.3 Å². The highest BCUT2D eigenvalue weighted by atomic mass is 32.2. The van der Waals surface area contributed by atoms with Gasteiger partial charge in [0.2, 0.25) is 0 Å². The summed E-state index contributed by atoms with van der Waals surface area (Å²) in [6, 6.07) is 19.4. The average molecular weight is 370 g/mol. The Morgan fingerprint density at radius 1 is 1.12 bits per heavy atom. The van der Waals surface area contributed by atoms with Crippen molar-refractivity contribution < 1.29 is 9.53 Å². The van der Waals surface area contributed by atoms with Gasteiger partial charge in [0.05, 0.1) is 12.0 Å². The standard InChI is InChI=1S/C20H19NO2S2/c1-23-15-10-8-14(9-11-15)20(13-17(22)19-7-4-12-24-19)25-18-6-3-2-5-16(18)21/h2-12,20H,13,21H2,1H3/t20-/m0/s1. The third-order valence-electron chi connectivity index (χ3n) is 3.84. The van der Waals surface area contributed by atoms with Gasteiger partial charge in [0.15, 0.2) is 5.78 Å². The maximum absolute atomic E-state index is 12.6. The topological polar surface area (TPSA) is 52.3 Å². The normalized spacial score (nSPS) is 11.9. The van der Waals surface area contributed by atoms with Crippen molar-refractivity contribution in [2.75, 3.05) is 12.8 Å². The van der Waals surface area contributed by atoms with Gasteiger partial charge in [-0.2, -0.15) is 0 Å². The summed E-state index contributed by atoms with van der Waals surface area (Å²) in [6.45, 7) is 0. The van der Waals surface area contributed by atoms with Crippen molar-refractivity contribution in [3.63, 3.8) is 0 Å². The number of Topliss-reactive ketones (excluding diaryl/α,β-unsaturated/α-hetero) is 1. The predicted octanol–water partition coefficient (Wildman–Crippen LogP) is 5.45. The minimum Gasteiger partial charge on any atom is -0.497 e. The first-order valence-corrected chi connectivity index (χ1v) is 9.65. The van der Waals surface area contributed by atoms with Gasteiger partial charge in [-0.25, -0.2) is 0 Å². The van der Waals surface area contributed by atoms with E-state index in [0.717, 1.165) is 26.8 Å². The van der Waals surface area contributed by atoms with Crippen LogP contribution in [0.2, 0.25) is 0 Å². The van der Waals surface area contributed by atoms with E-state index in [0.29, 0.717) is 6.42 Å². The van der Waals surface area contributed by atoms with Crippen LogP contribution >= 0.6 is 23.1 Å². The number of nitrogens with two attached hydrogens (primary N) is 1. The molecule has 1 heterocycles. The lowest BCUT2D eigenvalue weighted by Gasteiger charge is -2.17. The van der Waals surface area contributed by atoms with E-state index in [1.54, 1.807) is 18.9 Å². The summed E-state index contributed by atoms with van der Waals surface area (Å²) in [7, 11) is 1.65. The summed E-state index contributed by atoms with van der Waals surface area (Å²) < 4.78 is 5.23. The molecule has 5 heteroatoms. The van der Waals surface area contributed by atoms with Crippen LogP contribution in [-0.4, -0.2) is 12.9 Å². The number of para-hydroxylation sites is 1. The van der Waals surface area contributed by atoms with Gasteiger partial charge in [-0.3, -0.25) is 4.79 Å². The van der Waals surface area contributed by atoms with Crippen LogP contribution in [0, 0.1) is 0 Å². The van der Waals surface area contributed by atoms with E-state index >= 15 is 0 Å². The van der Waals surface area contributed by atoms with Crippen LogP contribution in [0.4, 0.5) is 5.69 Å². The van der Waals surface area contributed by atoms with Crippen LogP contribution in [0.15, 0.2) is 70.9 Å². The summed E-state index contributed by atoms with van der Waals surface area (Å²) in [4.78, 5) is 14.4. The molecule has 1 atom stereocenters. The molecule has 0 radical (unpaired) electrons. The summed E-state index contributed by atoms with van der Waals surface area (Å²) in [5.41, 5.74) is 7.91. The number of benzene rings is 2. The molecule has 3 aromatic rings. The Kier molecular flexibility index (Phi) is 5.79. The molecule has 0 bridgehead atoms. The number of ketones is 1. The van der Waals surface area contributed by atoms with Crippen LogP contribution in [0.5, 0.6) is 5.75 Å². The number of thioether (sulfide) groups is 1. The Balaban J connectivity index is 1.87. The van der Waals surface area contributed by atoms with Gasteiger partial charge in [0.1, 0.15) is 5.75 Å². The lowest BCUT2D eigenvalue weighted by atomic mass is 10.1. The summed E-state index contributed by atoms with van der Waals surface area (Å²) in [5.74, 6) is 0.953. The Hall–Kier alpha value is -2.24. The van der Waals surface area contributed by atoms with Crippen molar-refractivity contribution in [2.45, 2.75) is 16.6 Å². The fourth-order valence-electron chi connectivity index (χ4n) is 2.49. The highest BCUT2D eigenvalue weighted by Gasteiger charge is 2.20. The SMILES string of the molecule is COc1ccc([C@H](CC(=O)c2cccs2)Sc2ccccc2N)cc1. The molecule has 0 aliphatic heterocycles. The molecule has 2 aromatic carbocycles. The van der Waals surface area contributed by atoms with Gasteiger partial charge in [0, 0.05) is 22.3 Å². The largest absolute Gasteiger partial charge is 0.497 e. The Morgan fingerprint density at radius 3 is 2.52 bits per heavy atom. The van der Waals surface area contributed by atoms with Gasteiger partial charge < -0.3 is 10.5 Å². The van der Waals surface area contributed by atoms with E-state index in [4.69, 9.17) is 10.5 Å². The van der Waals surface area contributed by atoms with Gasteiger partial charge in [-0.1, -0.05) is 30.3 Å². The number of hydrogen-bond acceptors (Lipinski definition) is 5. The highest BCUT2D eigenvalue weighted by molar-refractivity contribution is 7.99. The number of ether oxygens (including phenoxy) is 1. The highest BCUT2D eigenvalue weighted by Crippen LogP contribution is 2.41. The van der Waals surface area contributed by atoms with Crippen LogP contribution < -0.4 is 10.5 Å². The number of anilines is 1. The zero-order valence-corrected chi connectivity index (χ0v) is 15.5. The third-order valence-corrected chi connectivity index (χ3v) is 6.10.